The molecular weight excluding hydrogens is 274 g/mol. The van der Waals surface area contributed by atoms with Crippen molar-refractivity contribution < 1.29 is 8.42 Å². The number of unbranched alkanes of at least 4 members (excludes halogenated alkanes) is 1. The van der Waals surface area contributed by atoms with Crippen molar-refractivity contribution in [2.24, 2.45) is 0 Å². The lowest BCUT2D eigenvalue weighted by molar-refractivity contribution is 0.419. The summed E-state index contributed by atoms with van der Waals surface area (Å²) in [6.45, 7) is 8.74. The first-order chi connectivity index (χ1) is 9.56. The second-order valence-electron chi connectivity index (χ2n) is 4.89. The van der Waals surface area contributed by atoms with Crippen LogP contribution in [0.25, 0.3) is 0 Å². The summed E-state index contributed by atoms with van der Waals surface area (Å²) in [6.07, 6.45) is 4.53. The van der Waals surface area contributed by atoms with Crippen LogP contribution in [0.3, 0.4) is 0 Å². The molecule has 0 saturated carbocycles. The summed E-state index contributed by atoms with van der Waals surface area (Å²) >= 11 is 0. The van der Waals surface area contributed by atoms with Gasteiger partial charge in [-0.15, -0.1) is 0 Å². The molecule has 0 aliphatic carbocycles. The summed E-state index contributed by atoms with van der Waals surface area (Å²) in [5, 5.41) is 3.25. The third-order valence-electron chi connectivity index (χ3n) is 3.21. The number of aromatic nitrogens is 1. The standard InChI is InChI=1S/C14H27N3O2S/c1-4-7-9-17(6-3)20(18,19)14-10-13(16-12-14)11-15-8-5-2/h10,12,15-16H,4-9,11H2,1-3H3. The molecule has 0 radical (unpaired) electrons. The molecule has 0 atom stereocenters. The Morgan fingerprint density at radius 3 is 2.60 bits per heavy atom. The van der Waals surface area contributed by atoms with Crippen molar-refractivity contribution in [2.45, 2.75) is 51.5 Å². The number of aromatic amines is 1. The quantitative estimate of drug-likeness (QED) is 0.652. The van der Waals surface area contributed by atoms with Crippen molar-refractivity contribution in [1.29, 1.82) is 0 Å². The zero-order valence-electron chi connectivity index (χ0n) is 12.8. The molecule has 1 aromatic rings. The molecule has 0 aromatic carbocycles. The smallest absolute Gasteiger partial charge is 0.244 e. The lowest BCUT2D eigenvalue weighted by Crippen LogP contribution is -2.31. The van der Waals surface area contributed by atoms with Crippen LogP contribution in [0, 0.1) is 0 Å². The normalized spacial score (nSPS) is 12.2. The first kappa shape index (κ1) is 17.2. The number of sulfonamides is 1. The maximum absolute atomic E-state index is 12.5. The van der Waals surface area contributed by atoms with Gasteiger partial charge < -0.3 is 10.3 Å². The predicted octanol–water partition coefficient (Wildman–Crippen LogP) is 2.33. The molecule has 0 unspecified atom stereocenters. The molecule has 0 aliphatic rings. The molecule has 1 aromatic heterocycles. The minimum atomic E-state index is -3.36. The highest BCUT2D eigenvalue weighted by Gasteiger charge is 2.23. The van der Waals surface area contributed by atoms with Gasteiger partial charge in [-0.25, -0.2) is 8.42 Å². The number of rotatable bonds is 10. The van der Waals surface area contributed by atoms with Gasteiger partial charge in [0, 0.05) is 31.5 Å². The predicted molar refractivity (Wildman–Crippen MR) is 82.1 cm³/mol. The van der Waals surface area contributed by atoms with Crippen LogP contribution < -0.4 is 5.32 Å². The van der Waals surface area contributed by atoms with Crippen LogP contribution in [0.5, 0.6) is 0 Å². The van der Waals surface area contributed by atoms with Crippen molar-refractivity contribution >= 4 is 10.0 Å². The minimum Gasteiger partial charge on any atom is -0.363 e. The molecule has 20 heavy (non-hydrogen) atoms. The van der Waals surface area contributed by atoms with Crippen LogP contribution in [-0.2, 0) is 16.6 Å². The van der Waals surface area contributed by atoms with E-state index in [4.69, 9.17) is 0 Å². The maximum Gasteiger partial charge on any atom is 0.244 e. The maximum atomic E-state index is 12.5. The summed E-state index contributed by atoms with van der Waals surface area (Å²) in [4.78, 5) is 3.40. The van der Waals surface area contributed by atoms with Gasteiger partial charge >= 0.3 is 0 Å². The Balaban J connectivity index is 2.75. The molecule has 0 bridgehead atoms. The van der Waals surface area contributed by atoms with E-state index in [1.807, 2.05) is 6.92 Å². The van der Waals surface area contributed by atoms with E-state index in [0.29, 0.717) is 24.5 Å². The molecule has 116 valence electrons. The van der Waals surface area contributed by atoms with Crippen molar-refractivity contribution in [1.82, 2.24) is 14.6 Å². The van der Waals surface area contributed by atoms with E-state index in [-0.39, 0.29) is 0 Å². The molecule has 2 N–H and O–H groups in total. The third-order valence-corrected chi connectivity index (χ3v) is 5.16. The molecule has 0 amide bonds. The summed E-state index contributed by atoms with van der Waals surface area (Å²) in [5.74, 6) is 0. The minimum absolute atomic E-state index is 0.365. The Morgan fingerprint density at radius 1 is 1.25 bits per heavy atom. The van der Waals surface area contributed by atoms with Gasteiger partial charge in [0.25, 0.3) is 0 Å². The van der Waals surface area contributed by atoms with Crippen molar-refractivity contribution in [3.05, 3.63) is 18.0 Å². The monoisotopic (exact) mass is 301 g/mol. The average molecular weight is 301 g/mol. The fourth-order valence-corrected chi connectivity index (χ4v) is 3.51. The van der Waals surface area contributed by atoms with Gasteiger partial charge in [0.15, 0.2) is 0 Å². The molecule has 1 rings (SSSR count). The van der Waals surface area contributed by atoms with E-state index in [0.717, 1.165) is 31.5 Å². The summed E-state index contributed by atoms with van der Waals surface area (Å²) in [5.41, 5.74) is 0.906. The van der Waals surface area contributed by atoms with Crippen LogP contribution in [-0.4, -0.2) is 37.3 Å². The zero-order valence-corrected chi connectivity index (χ0v) is 13.6. The summed E-state index contributed by atoms with van der Waals surface area (Å²) in [6, 6.07) is 1.73. The first-order valence-electron chi connectivity index (χ1n) is 7.44. The van der Waals surface area contributed by atoms with E-state index in [2.05, 4.69) is 24.1 Å². The molecule has 0 fully saturated rings. The second kappa shape index (κ2) is 8.44. The van der Waals surface area contributed by atoms with Crippen LogP contribution in [0.15, 0.2) is 17.2 Å². The molecule has 6 heteroatoms. The van der Waals surface area contributed by atoms with Crippen LogP contribution >= 0.6 is 0 Å². The SMILES string of the molecule is CCCCN(CC)S(=O)(=O)c1c[nH]c(CNCCC)c1. The largest absolute Gasteiger partial charge is 0.363 e. The van der Waals surface area contributed by atoms with Crippen molar-refractivity contribution in [2.75, 3.05) is 19.6 Å². The van der Waals surface area contributed by atoms with E-state index in [1.54, 1.807) is 16.6 Å². The Kier molecular flexibility index (Phi) is 7.26. The topological polar surface area (TPSA) is 65.2 Å². The van der Waals surface area contributed by atoms with Gasteiger partial charge in [-0.2, -0.15) is 4.31 Å². The Hall–Kier alpha value is -0.850. The molecule has 0 saturated heterocycles. The number of nitrogens with zero attached hydrogens (tertiary/aromatic N) is 1. The van der Waals surface area contributed by atoms with Gasteiger partial charge in [-0.05, 0) is 25.5 Å². The number of hydrogen-bond acceptors (Lipinski definition) is 3. The zero-order chi connectivity index (χ0) is 15.0. The second-order valence-corrected chi connectivity index (χ2v) is 6.83. The molecule has 0 spiro atoms. The fourth-order valence-electron chi connectivity index (χ4n) is 2.00. The molecule has 0 aliphatic heterocycles. The Bertz CT molecular complexity index is 482. The van der Waals surface area contributed by atoms with E-state index in [1.165, 1.54) is 0 Å². The Morgan fingerprint density at radius 2 is 2.00 bits per heavy atom. The van der Waals surface area contributed by atoms with Gasteiger partial charge in [0.05, 0.1) is 4.90 Å². The van der Waals surface area contributed by atoms with E-state index in [9.17, 15) is 8.42 Å². The number of H-pyrrole nitrogens is 1. The Labute approximate surface area is 122 Å². The van der Waals surface area contributed by atoms with Crippen LogP contribution in [0.2, 0.25) is 0 Å². The highest BCUT2D eigenvalue weighted by Crippen LogP contribution is 2.17. The van der Waals surface area contributed by atoms with Crippen LogP contribution in [0.4, 0.5) is 0 Å². The molecule has 5 nitrogen and oxygen atoms in total. The van der Waals surface area contributed by atoms with Crippen LogP contribution in [0.1, 0.15) is 45.7 Å². The average Bonchev–Trinajstić information content (AvgIpc) is 2.89. The van der Waals surface area contributed by atoms with Gasteiger partial charge in [0.1, 0.15) is 0 Å². The van der Waals surface area contributed by atoms with Crippen molar-refractivity contribution in [3.8, 4) is 0 Å². The highest BCUT2D eigenvalue weighted by molar-refractivity contribution is 7.89. The van der Waals surface area contributed by atoms with Gasteiger partial charge in [-0.3, -0.25) is 0 Å². The molecule has 1 heterocycles. The lowest BCUT2D eigenvalue weighted by atomic mass is 10.3. The number of nitrogens with one attached hydrogen (secondary N) is 2. The first-order valence-corrected chi connectivity index (χ1v) is 8.88. The van der Waals surface area contributed by atoms with E-state index < -0.39 is 10.0 Å². The highest BCUT2D eigenvalue weighted by atomic mass is 32.2. The third kappa shape index (κ3) is 4.61. The fraction of sp³-hybridized carbons (Fsp3) is 0.714. The summed E-state index contributed by atoms with van der Waals surface area (Å²) in [7, 11) is -3.36. The van der Waals surface area contributed by atoms with E-state index >= 15 is 0 Å². The van der Waals surface area contributed by atoms with Crippen molar-refractivity contribution in [3.63, 3.8) is 0 Å². The number of hydrogen-bond donors (Lipinski definition) is 2. The van der Waals surface area contributed by atoms with Gasteiger partial charge in [-0.1, -0.05) is 27.2 Å². The summed E-state index contributed by atoms with van der Waals surface area (Å²) < 4.78 is 26.5. The lowest BCUT2D eigenvalue weighted by Gasteiger charge is -2.19. The van der Waals surface area contributed by atoms with Gasteiger partial charge in [0.2, 0.25) is 10.0 Å². The molecular formula is C14H27N3O2S.